The summed E-state index contributed by atoms with van der Waals surface area (Å²) in [5, 5.41) is 12.0. The molecule has 28 heavy (non-hydrogen) atoms. The molecule has 1 aliphatic rings. The highest BCUT2D eigenvalue weighted by atomic mass is 35.5. The maximum absolute atomic E-state index is 14.7. The fraction of sp³-hybridized carbons (Fsp3) is 0.136. The van der Waals surface area contributed by atoms with Gasteiger partial charge < -0.3 is 9.84 Å². The first-order chi connectivity index (χ1) is 13.6. The van der Waals surface area contributed by atoms with Gasteiger partial charge in [-0.3, -0.25) is 4.98 Å². The Balaban J connectivity index is 1.89. The van der Waals surface area contributed by atoms with Crippen LogP contribution in [0.25, 0.3) is 5.76 Å². The number of aromatic nitrogens is 1. The van der Waals surface area contributed by atoms with Gasteiger partial charge in [0.1, 0.15) is 17.7 Å². The molecule has 2 aromatic carbocycles. The SMILES string of the molecule is OC(C1=C(c2ccccc2Cl)OCC1c1ccc(Cl)cc1F)c1cccnc1. The molecule has 6 heteroatoms. The summed E-state index contributed by atoms with van der Waals surface area (Å²) in [6.45, 7) is 0.186. The molecule has 0 saturated heterocycles. The molecule has 0 spiro atoms. The van der Waals surface area contributed by atoms with Crippen LogP contribution in [0.15, 0.2) is 72.6 Å². The maximum Gasteiger partial charge on any atom is 0.130 e. The zero-order chi connectivity index (χ0) is 19.7. The molecule has 3 nitrogen and oxygen atoms in total. The van der Waals surface area contributed by atoms with Crippen molar-refractivity contribution in [2.75, 3.05) is 6.61 Å². The minimum Gasteiger partial charge on any atom is -0.492 e. The highest BCUT2D eigenvalue weighted by molar-refractivity contribution is 6.32. The Kier molecular flexibility index (Phi) is 5.36. The molecule has 0 fully saturated rings. The van der Waals surface area contributed by atoms with E-state index in [0.717, 1.165) is 0 Å². The Bertz CT molecular complexity index is 1040. The molecule has 0 bridgehead atoms. The summed E-state index contributed by atoms with van der Waals surface area (Å²) < 4.78 is 20.6. The highest BCUT2D eigenvalue weighted by Crippen LogP contribution is 2.46. The van der Waals surface area contributed by atoms with E-state index in [1.807, 2.05) is 18.2 Å². The van der Waals surface area contributed by atoms with Crippen molar-refractivity contribution in [1.82, 2.24) is 4.98 Å². The van der Waals surface area contributed by atoms with Crippen molar-refractivity contribution < 1.29 is 14.2 Å². The van der Waals surface area contributed by atoms with Crippen molar-refractivity contribution in [3.63, 3.8) is 0 Å². The predicted molar refractivity (Wildman–Crippen MR) is 108 cm³/mol. The largest absolute Gasteiger partial charge is 0.492 e. The van der Waals surface area contributed by atoms with Gasteiger partial charge in [0.05, 0.1) is 11.6 Å². The van der Waals surface area contributed by atoms with Crippen LogP contribution in [0.2, 0.25) is 10.0 Å². The van der Waals surface area contributed by atoms with Crippen LogP contribution < -0.4 is 0 Å². The number of ether oxygens (including phenoxy) is 1. The van der Waals surface area contributed by atoms with E-state index in [0.29, 0.717) is 38.1 Å². The van der Waals surface area contributed by atoms with Gasteiger partial charge in [-0.15, -0.1) is 0 Å². The Morgan fingerprint density at radius 1 is 1.11 bits per heavy atom. The van der Waals surface area contributed by atoms with Gasteiger partial charge >= 0.3 is 0 Å². The van der Waals surface area contributed by atoms with Gasteiger partial charge in [-0.2, -0.15) is 0 Å². The van der Waals surface area contributed by atoms with Gasteiger partial charge in [0, 0.05) is 40.0 Å². The molecule has 0 saturated carbocycles. The minimum atomic E-state index is -1.03. The summed E-state index contributed by atoms with van der Waals surface area (Å²) >= 11 is 12.3. The van der Waals surface area contributed by atoms with Crippen molar-refractivity contribution in [3.05, 3.63) is 105 Å². The Morgan fingerprint density at radius 3 is 2.64 bits per heavy atom. The van der Waals surface area contributed by atoms with Gasteiger partial charge in [0.25, 0.3) is 0 Å². The fourth-order valence-electron chi connectivity index (χ4n) is 3.45. The second kappa shape index (κ2) is 7.92. The topological polar surface area (TPSA) is 42.4 Å². The first-order valence-electron chi connectivity index (χ1n) is 8.71. The molecular weight excluding hydrogens is 400 g/mol. The van der Waals surface area contributed by atoms with E-state index in [9.17, 15) is 9.50 Å². The summed E-state index contributed by atoms with van der Waals surface area (Å²) in [5.74, 6) is -0.475. The molecule has 0 aliphatic carbocycles. The third-order valence-corrected chi connectivity index (χ3v) is 5.35. The van der Waals surface area contributed by atoms with Gasteiger partial charge in [-0.05, 0) is 35.9 Å². The zero-order valence-electron chi connectivity index (χ0n) is 14.6. The van der Waals surface area contributed by atoms with Crippen molar-refractivity contribution in [2.24, 2.45) is 0 Å². The first-order valence-corrected chi connectivity index (χ1v) is 9.46. The molecule has 1 aromatic heterocycles. The number of halogens is 3. The summed E-state index contributed by atoms with van der Waals surface area (Å²) in [7, 11) is 0. The van der Waals surface area contributed by atoms with E-state index in [4.69, 9.17) is 27.9 Å². The zero-order valence-corrected chi connectivity index (χ0v) is 16.2. The van der Waals surface area contributed by atoms with Crippen LogP contribution >= 0.6 is 23.2 Å². The number of rotatable bonds is 4. The van der Waals surface area contributed by atoms with E-state index in [1.54, 1.807) is 42.7 Å². The van der Waals surface area contributed by atoms with Gasteiger partial charge in [0.15, 0.2) is 0 Å². The molecule has 0 amide bonds. The summed E-state index contributed by atoms with van der Waals surface area (Å²) in [5.41, 5.74) is 2.19. The molecule has 1 aliphatic heterocycles. The lowest BCUT2D eigenvalue weighted by Gasteiger charge is -2.20. The number of hydrogen-bond donors (Lipinski definition) is 1. The van der Waals surface area contributed by atoms with Gasteiger partial charge in [-0.1, -0.05) is 47.5 Å². The van der Waals surface area contributed by atoms with Crippen molar-refractivity contribution >= 4 is 29.0 Å². The lowest BCUT2D eigenvalue weighted by atomic mass is 9.85. The van der Waals surface area contributed by atoms with Crippen LogP contribution in [0.1, 0.15) is 28.7 Å². The molecule has 2 atom stereocenters. The molecule has 2 heterocycles. The molecule has 142 valence electrons. The Hall–Kier alpha value is -2.40. The lowest BCUT2D eigenvalue weighted by molar-refractivity contribution is 0.209. The van der Waals surface area contributed by atoms with E-state index < -0.39 is 17.8 Å². The lowest BCUT2D eigenvalue weighted by Crippen LogP contribution is -2.12. The summed E-state index contributed by atoms with van der Waals surface area (Å²) in [4.78, 5) is 4.08. The second-order valence-electron chi connectivity index (χ2n) is 6.48. The number of hydrogen-bond acceptors (Lipinski definition) is 3. The smallest absolute Gasteiger partial charge is 0.130 e. The van der Waals surface area contributed by atoms with E-state index >= 15 is 0 Å². The average Bonchev–Trinajstić information content (AvgIpc) is 3.13. The normalized spacial score (nSPS) is 17.5. The molecule has 2 unspecified atom stereocenters. The fourth-order valence-corrected chi connectivity index (χ4v) is 3.83. The van der Waals surface area contributed by atoms with E-state index in [-0.39, 0.29) is 6.61 Å². The Labute approximate surface area is 172 Å². The van der Waals surface area contributed by atoms with Crippen molar-refractivity contribution in [3.8, 4) is 0 Å². The molecule has 4 rings (SSSR count). The third-order valence-electron chi connectivity index (χ3n) is 4.78. The monoisotopic (exact) mass is 415 g/mol. The minimum absolute atomic E-state index is 0.186. The molecule has 1 N–H and O–H groups in total. The quantitative estimate of drug-likeness (QED) is 0.586. The van der Waals surface area contributed by atoms with E-state index in [1.165, 1.54) is 6.07 Å². The third kappa shape index (κ3) is 3.51. The number of aliphatic hydroxyl groups is 1. The predicted octanol–water partition coefficient (Wildman–Crippen LogP) is 5.79. The molecule has 0 radical (unpaired) electrons. The van der Waals surface area contributed by atoms with E-state index in [2.05, 4.69) is 4.98 Å². The van der Waals surface area contributed by atoms with Crippen LogP contribution in [-0.4, -0.2) is 16.7 Å². The maximum atomic E-state index is 14.7. The summed E-state index contributed by atoms with van der Waals surface area (Å²) in [6.07, 6.45) is 2.18. The molecular formula is C22H16Cl2FNO2. The van der Waals surface area contributed by atoms with Crippen LogP contribution in [0.3, 0.4) is 0 Å². The number of pyridine rings is 1. The second-order valence-corrected chi connectivity index (χ2v) is 7.33. The highest BCUT2D eigenvalue weighted by Gasteiger charge is 2.36. The number of benzene rings is 2. The first kappa shape index (κ1) is 18.9. The van der Waals surface area contributed by atoms with Crippen LogP contribution in [0.5, 0.6) is 0 Å². The average molecular weight is 416 g/mol. The van der Waals surface area contributed by atoms with Gasteiger partial charge in [-0.25, -0.2) is 4.39 Å². The van der Waals surface area contributed by atoms with Crippen LogP contribution in [0, 0.1) is 5.82 Å². The van der Waals surface area contributed by atoms with Crippen LogP contribution in [0.4, 0.5) is 4.39 Å². The standard InChI is InChI=1S/C22H16Cl2FNO2/c23-14-7-8-15(19(25)10-14)17-12-28-22(16-5-1-2-6-18(16)24)20(17)21(27)13-4-3-9-26-11-13/h1-11,17,21,27H,12H2. The van der Waals surface area contributed by atoms with Gasteiger partial charge in [0.2, 0.25) is 0 Å². The molecule has 3 aromatic rings. The number of nitrogens with zero attached hydrogens (tertiary/aromatic N) is 1. The van der Waals surface area contributed by atoms with Crippen molar-refractivity contribution in [2.45, 2.75) is 12.0 Å². The van der Waals surface area contributed by atoms with Crippen molar-refractivity contribution in [1.29, 1.82) is 0 Å². The number of aliphatic hydroxyl groups excluding tert-OH is 1. The summed E-state index contributed by atoms with van der Waals surface area (Å²) in [6, 6.07) is 15.2. The van der Waals surface area contributed by atoms with Crippen LogP contribution in [-0.2, 0) is 4.74 Å². The Morgan fingerprint density at radius 2 is 1.93 bits per heavy atom.